The van der Waals surface area contributed by atoms with Crippen LogP contribution < -0.4 is 10.5 Å². The van der Waals surface area contributed by atoms with Crippen molar-refractivity contribution in [3.05, 3.63) is 77.2 Å². The van der Waals surface area contributed by atoms with E-state index >= 15 is 0 Å². The number of piperidine rings is 1. The molecule has 5 nitrogen and oxygen atoms in total. The first-order valence-electron chi connectivity index (χ1n) is 12.6. The van der Waals surface area contributed by atoms with Gasteiger partial charge < -0.3 is 15.4 Å². The Hall–Kier alpha value is -3.66. The third-order valence-electron chi connectivity index (χ3n) is 6.74. The second-order valence-corrected chi connectivity index (χ2v) is 10.3. The Morgan fingerprint density at radius 3 is 2.57 bits per heavy atom. The smallest absolute Gasteiger partial charge is 0.288 e. The van der Waals surface area contributed by atoms with Crippen LogP contribution in [0.4, 0.5) is 0 Å². The van der Waals surface area contributed by atoms with Gasteiger partial charge in [0.15, 0.2) is 0 Å². The van der Waals surface area contributed by atoms with Crippen molar-refractivity contribution < 1.29 is 9.53 Å². The predicted octanol–water partition coefficient (Wildman–Crippen LogP) is 6.47. The van der Waals surface area contributed by atoms with E-state index in [9.17, 15) is 4.79 Å². The zero-order valence-electron chi connectivity index (χ0n) is 21.2. The van der Waals surface area contributed by atoms with Crippen LogP contribution in [0.25, 0.3) is 20.9 Å². The number of nitrogens with two attached hydrogens (primary N) is 1. The van der Waals surface area contributed by atoms with E-state index in [4.69, 9.17) is 10.5 Å². The number of amides is 1. The number of hydrogen-bond acceptors (Lipinski definition) is 4. The Morgan fingerprint density at radius 1 is 1.05 bits per heavy atom. The Balaban J connectivity index is 0.00000156. The highest BCUT2D eigenvalue weighted by Crippen LogP contribution is 2.34. The van der Waals surface area contributed by atoms with E-state index in [1.165, 1.54) is 40.5 Å². The number of hydrogen-bond donors (Lipinski definition) is 1. The molecule has 0 aliphatic carbocycles. The molecule has 0 unspecified atom stereocenters. The molecule has 5 rings (SSSR count). The second-order valence-electron chi connectivity index (χ2n) is 9.22. The quantitative estimate of drug-likeness (QED) is 0.134. The number of thiophene rings is 1. The Bertz CT molecular complexity index is 1400. The lowest BCUT2D eigenvalue weighted by Crippen LogP contribution is -2.34. The van der Waals surface area contributed by atoms with Gasteiger partial charge in [-0.2, -0.15) is 4.99 Å². The standard InChI is InChI=1S/C29H31N3O2S.C2H2/c1-20(30)31-29(33)28-19-25-26(11-5-12-27(25)35-28)34-18-6-15-32-16-13-22(14-17-32)24-10-4-8-21-7-2-3-9-23(21)24;1-2/h2-5,7-12,19,22H,6,13-18H2,1H3,(H2,30,31,33);1-2H. The molecule has 0 bridgehead atoms. The molecule has 1 saturated heterocycles. The molecule has 0 spiro atoms. The summed E-state index contributed by atoms with van der Waals surface area (Å²) in [6.45, 7) is 5.56. The summed E-state index contributed by atoms with van der Waals surface area (Å²) in [7, 11) is 0. The van der Waals surface area contributed by atoms with Crippen molar-refractivity contribution >= 4 is 43.9 Å². The molecule has 37 heavy (non-hydrogen) atoms. The van der Waals surface area contributed by atoms with Crippen LogP contribution in [0.2, 0.25) is 0 Å². The van der Waals surface area contributed by atoms with Gasteiger partial charge in [-0.05, 0) is 79.7 Å². The summed E-state index contributed by atoms with van der Waals surface area (Å²) < 4.78 is 7.15. The van der Waals surface area contributed by atoms with Crippen LogP contribution >= 0.6 is 11.3 Å². The van der Waals surface area contributed by atoms with Crippen molar-refractivity contribution in [2.75, 3.05) is 26.2 Å². The van der Waals surface area contributed by atoms with Crippen molar-refractivity contribution in [3.8, 4) is 18.6 Å². The van der Waals surface area contributed by atoms with E-state index in [2.05, 4.69) is 65.2 Å². The molecule has 2 heterocycles. The molecule has 1 amide bonds. The van der Waals surface area contributed by atoms with Crippen LogP contribution in [0.1, 0.15) is 47.3 Å². The maximum Gasteiger partial charge on any atom is 0.288 e. The number of likely N-dealkylation sites (tertiary alicyclic amines) is 1. The number of nitrogens with zero attached hydrogens (tertiary/aromatic N) is 2. The number of terminal acetylenes is 1. The Morgan fingerprint density at radius 2 is 1.78 bits per heavy atom. The van der Waals surface area contributed by atoms with Crippen LogP contribution in [-0.4, -0.2) is 42.9 Å². The molecule has 0 atom stereocenters. The van der Waals surface area contributed by atoms with Crippen molar-refractivity contribution in [1.29, 1.82) is 0 Å². The number of benzene rings is 3. The average Bonchev–Trinajstić information content (AvgIpc) is 3.38. The Labute approximate surface area is 223 Å². The average molecular weight is 512 g/mol. The molecule has 1 aliphatic heterocycles. The van der Waals surface area contributed by atoms with Crippen molar-refractivity contribution in [3.63, 3.8) is 0 Å². The normalized spacial score (nSPS) is 14.8. The van der Waals surface area contributed by atoms with E-state index < -0.39 is 0 Å². The van der Waals surface area contributed by atoms with E-state index in [1.54, 1.807) is 6.92 Å². The zero-order valence-corrected chi connectivity index (χ0v) is 22.0. The molecule has 1 fully saturated rings. The van der Waals surface area contributed by atoms with Gasteiger partial charge in [0.2, 0.25) is 0 Å². The summed E-state index contributed by atoms with van der Waals surface area (Å²) in [6.07, 6.45) is 11.4. The van der Waals surface area contributed by atoms with Gasteiger partial charge in [-0.1, -0.05) is 48.5 Å². The molecule has 1 aromatic heterocycles. The minimum atomic E-state index is -0.302. The third-order valence-corrected chi connectivity index (χ3v) is 7.83. The predicted molar refractivity (Wildman–Crippen MR) is 156 cm³/mol. The maximum atomic E-state index is 12.2. The number of amidine groups is 1. The zero-order chi connectivity index (χ0) is 26.2. The Kier molecular flexibility index (Phi) is 8.95. The summed E-state index contributed by atoms with van der Waals surface area (Å²) in [5, 5.41) is 3.70. The number of fused-ring (bicyclic) bond motifs is 2. The minimum Gasteiger partial charge on any atom is -0.493 e. The molecule has 2 N–H and O–H groups in total. The van der Waals surface area contributed by atoms with Crippen LogP contribution in [-0.2, 0) is 0 Å². The van der Waals surface area contributed by atoms with Crippen molar-refractivity contribution in [1.82, 2.24) is 4.90 Å². The summed E-state index contributed by atoms with van der Waals surface area (Å²) >= 11 is 1.42. The highest BCUT2D eigenvalue weighted by atomic mass is 32.1. The third kappa shape index (κ3) is 6.37. The van der Waals surface area contributed by atoms with E-state index in [1.807, 2.05) is 24.3 Å². The first-order valence-corrected chi connectivity index (χ1v) is 13.4. The topological polar surface area (TPSA) is 67.9 Å². The molecule has 3 aromatic carbocycles. The summed E-state index contributed by atoms with van der Waals surface area (Å²) in [5.74, 6) is 1.42. The first kappa shape index (κ1) is 26.4. The molecular weight excluding hydrogens is 478 g/mol. The van der Waals surface area contributed by atoms with Crippen LogP contribution in [0.3, 0.4) is 0 Å². The van der Waals surface area contributed by atoms with Gasteiger partial charge in [0, 0.05) is 16.6 Å². The first-order chi connectivity index (χ1) is 18.1. The highest BCUT2D eigenvalue weighted by Gasteiger charge is 2.21. The fraction of sp³-hybridized carbons (Fsp3) is 0.290. The molecule has 1 aliphatic rings. The fourth-order valence-electron chi connectivity index (χ4n) is 5.03. The van der Waals surface area contributed by atoms with E-state index in [-0.39, 0.29) is 11.7 Å². The molecular formula is C31H33N3O2S. The second kappa shape index (κ2) is 12.5. The van der Waals surface area contributed by atoms with Gasteiger partial charge in [0.25, 0.3) is 5.91 Å². The van der Waals surface area contributed by atoms with Gasteiger partial charge >= 0.3 is 0 Å². The number of carbonyl (C=O) groups excluding carboxylic acids is 1. The number of aliphatic imine (C=N–C) groups is 1. The van der Waals surface area contributed by atoms with Gasteiger partial charge in [-0.15, -0.1) is 24.2 Å². The highest BCUT2D eigenvalue weighted by molar-refractivity contribution is 7.20. The van der Waals surface area contributed by atoms with Crippen molar-refractivity contribution in [2.45, 2.75) is 32.1 Å². The van der Waals surface area contributed by atoms with E-state index in [0.717, 1.165) is 41.9 Å². The number of carbonyl (C=O) groups is 1. The van der Waals surface area contributed by atoms with Gasteiger partial charge in [0.1, 0.15) is 11.6 Å². The molecule has 0 radical (unpaired) electrons. The van der Waals surface area contributed by atoms with Gasteiger partial charge in [-0.3, -0.25) is 4.79 Å². The SMILES string of the molecule is C#C.CC(N)=NC(=O)c1cc2c(OCCCN3CCC(c4cccc5ccccc45)CC3)cccc2s1. The monoisotopic (exact) mass is 511 g/mol. The van der Waals surface area contributed by atoms with E-state index in [0.29, 0.717) is 17.4 Å². The lowest BCUT2D eigenvalue weighted by atomic mass is 9.86. The molecule has 190 valence electrons. The van der Waals surface area contributed by atoms with Crippen LogP contribution in [0.5, 0.6) is 5.75 Å². The molecule has 0 saturated carbocycles. The number of ether oxygens (including phenoxy) is 1. The van der Waals surface area contributed by atoms with Gasteiger partial charge in [0.05, 0.1) is 11.5 Å². The fourth-order valence-corrected chi connectivity index (χ4v) is 5.99. The largest absolute Gasteiger partial charge is 0.493 e. The maximum absolute atomic E-state index is 12.2. The summed E-state index contributed by atoms with van der Waals surface area (Å²) in [4.78, 5) is 19.2. The summed E-state index contributed by atoms with van der Waals surface area (Å²) in [5.41, 5.74) is 7.06. The lowest BCUT2D eigenvalue weighted by molar-refractivity contribution is 0.101. The minimum absolute atomic E-state index is 0.269. The molecule has 4 aromatic rings. The summed E-state index contributed by atoms with van der Waals surface area (Å²) in [6, 6.07) is 23.2. The van der Waals surface area contributed by atoms with Gasteiger partial charge in [-0.25, -0.2) is 0 Å². The van der Waals surface area contributed by atoms with Crippen molar-refractivity contribution in [2.24, 2.45) is 10.7 Å². The lowest BCUT2D eigenvalue weighted by Gasteiger charge is -2.32. The number of rotatable bonds is 7. The van der Waals surface area contributed by atoms with Crippen LogP contribution in [0, 0.1) is 12.8 Å². The molecule has 6 heteroatoms. The van der Waals surface area contributed by atoms with Crippen LogP contribution in [0.15, 0.2) is 71.7 Å².